The zero-order valence-corrected chi connectivity index (χ0v) is 20.5. The minimum atomic E-state index is -0.467. The number of anilines is 1. The zero-order valence-electron chi connectivity index (χ0n) is 19.0. The molecule has 1 aliphatic rings. The standard InChI is InChI=1S/C27H26Cl2FN3O2/c28-20-5-1-3-17(13-20)26(34)32-23-9-12-25(29)19(15-23)16-33(24-10-7-22(31)8-11-24)27(35)18-4-2-6-21(30)14-18/h1-6,9,12-15,22,24H,7-8,10-11,16,31H2,(H,32,34). The fourth-order valence-electron chi connectivity index (χ4n) is 4.36. The lowest BCUT2D eigenvalue weighted by Crippen LogP contribution is -2.44. The summed E-state index contributed by atoms with van der Waals surface area (Å²) in [6.07, 6.45) is 3.12. The SMILES string of the molecule is NC1CCC(N(Cc2cc(NC(=O)c3cccc(Cl)c3)ccc2Cl)C(=O)c2cccc(F)c2)CC1. The van der Waals surface area contributed by atoms with Gasteiger partial charge >= 0.3 is 0 Å². The summed E-state index contributed by atoms with van der Waals surface area (Å²) < 4.78 is 13.9. The Morgan fingerprint density at radius 1 is 0.943 bits per heavy atom. The fraction of sp³-hybridized carbons (Fsp3) is 0.259. The highest BCUT2D eigenvalue weighted by Gasteiger charge is 2.29. The van der Waals surface area contributed by atoms with Crippen LogP contribution in [0.3, 0.4) is 0 Å². The highest BCUT2D eigenvalue weighted by Crippen LogP contribution is 2.29. The van der Waals surface area contributed by atoms with Crippen molar-refractivity contribution < 1.29 is 14.0 Å². The molecule has 3 N–H and O–H groups in total. The van der Waals surface area contributed by atoms with Crippen molar-refractivity contribution in [2.75, 3.05) is 5.32 Å². The van der Waals surface area contributed by atoms with Gasteiger partial charge in [0, 0.05) is 45.5 Å². The number of nitrogens with two attached hydrogens (primary N) is 1. The molecule has 0 radical (unpaired) electrons. The predicted molar refractivity (Wildman–Crippen MR) is 137 cm³/mol. The van der Waals surface area contributed by atoms with Crippen molar-refractivity contribution in [2.24, 2.45) is 5.73 Å². The maximum Gasteiger partial charge on any atom is 0.255 e. The highest BCUT2D eigenvalue weighted by atomic mass is 35.5. The van der Waals surface area contributed by atoms with E-state index >= 15 is 0 Å². The Labute approximate surface area is 214 Å². The summed E-state index contributed by atoms with van der Waals surface area (Å²) in [5.74, 6) is -1.05. The summed E-state index contributed by atoms with van der Waals surface area (Å²) >= 11 is 12.5. The lowest BCUT2D eigenvalue weighted by Gasteiger charge is -2.36. The Bertz CT molecular complexity index is 1230. The first-order valence-corrected chi connectivity index (χ1v) is 12.2. The molecule has 1 fully saturated rings. The Hall–Kier alpha value is -2.93. The Balaban J connectivity index is 1.59. The zero-order chi connectivity index (χ0) is 24.9. The van der Waals surface area contributed by atoms with Crippen LogP contribution in [0, 0.1) is 5.82 Å². The fourth-order valence-corrected chi connectivity index (χ4v) is 4.73. The summed E-state index contributed by atoms with van der Waals surface area (Å²) in [6.45, 7) is 0.217. The van der Waals surface area contributed by atoms with Crippen LogP contribution in [0.2, 0.25) is 10.0 Å². The van der Waals surface area contributed by atoms with Crippen LogP contribution in [0.4, 0.5) is 10.1 Å². The summed E-state index contributed by atoms with van der Waals surface area (Å²) in [7, 11) is 0. The van der Waals surface area contributed by atoms with Gasteiger partial charge in [-0.1, -0.05) is 35.3 Å². The van der Waals surface area contributed by atoms with Gasteiger partial charge in [0.05, 0.1) is 0 Å². The molecule has 0 atom stereocenters. The van der Waals surface area contributed by atoms with E-state index in [2.05, 4.69) is 5.32 Å². The molecule has 3 aromatic rings. The van der Waals surface area contributed by atoms with Crippen LogP contribution >= 0.6 is 23.2 Å². The Morgan fingerprint density at radius 3 is 2.37 bits per heavy atom. The smallest absolute Gasteiger partial charge is 0.255 e. The van der Waals surface area contributed by atoms with Gasteiger partial charge in [-0.3, -0.25) is 9.59 Å². The number of hydrogen-bond donors (Lipinski definition) is 2. The first-order valence-electron chi connectivity index (χ1n) is 11.5. The molecule has 0 unspecified atom stereocenters. The molecule has 4 rings (SSSR count). The van der Waals surface area contributed by atoms with Crippen molar-refractivity contribution in [2.45, 2.75) is 44.3 Å². The molecule has 0 saturated heterocycles. The number of carbonyl (C=O) groups is 2. The maximum absolute atomic E-state index is 13.9. The van der Waals surface area contributed by atoms with E-state index in [1.54, 1.807) is 53.4 Å². The van der Waals surface area contributed by atoms with Crippen LogP contribution in [-0.4, -0.2) is 28.8 Å². The van der Waals surface area contributed by atoms with Crippen LogP contribution in [-0.2, 0) is 6.54 Å². The van der Waals surface area contributed by atoms with Crippen molar-refractivity contribution in [1.29, 1.82) is 0 Å². The summed E-state index contributed by atoms with van der Waals surface area (Å²) in [4.78, 5) is 27.9. The molecule has 2 amide bonds. The maximum atomic E-state index is 13.9. The topological polar surface area (TPSA) is 75.4 Å². The average Bonchev–Trinajstić information content (AvgIpc) is 2.84. The lowest BCUT2D eigenvalue weighted by atomic mass is 9.90. The van der Waals surface area contributed by atoms with Crippen molar-refractivity contribution in [3.8, 4) is 0 Å². The van der Waals surface area contributed by atoms with Gasteiger partial charge < -0.3 is 16.0 Å². The minimum Gasteiger partial charge on any atom is -0.331 e. The molecule has 3 aromatic carbocycles. The van der Waals surface area contributed by atoms with E-state index in [0.29, 0.717) is 26.9 Å². The molecule has 0 spiro atoms. The molecular formula is C27H26Cl2FN3O2. The van der Waals surface area contributed by atoms with Crippen molar-refractivity contribution in [3.63, 3.8) is 0 Å². The summed E-state index contributed by atoms with van der Waals surface area (Å²) in [5.41, 5.74) is 8.00. The van der Waals surface area contributed by atoms with Gasteiger partial charge in [-0.2, -0.15) is 0 Å². The third-order valence-electron chi connectivity index (χ3n) is 6.25. The molecule has 1 saturated carbocycles. The van der Waals surface area contributed by atoms with Crippen molar-refractivity contribution in [1.82, 2.24) is 4.90 Å². The highest BCUT2D eigenvalue weighted by molar-refractivity contribution is 6.31. The van der Waals surface area contributed by atoms with Gasteiger partial charge in [-0.15, -0.1) is 0 Å². The number of carbonyl (C=O) groups excluding carboxylic acids is 2. The molecule has 0 aliphatic heterocycles. The number of nitrogens with zero attached hydrogens (tertiary/aromatic N) is 1. The quantitative estimate of drug-likeness (QED) is 0.406. The van der Waals surface area contributed by atoms with Gasteiger partial charge in [0.1, 0.15) is 5.82 Å². The first kappa shape index (κ1) is 25.2. The van der Waals surface area contributed by atoms with Crippen LogP contribution in [0.15, 0.2) is 66.7 Å². The Kier molecular flexibility index (Phi) is 8.06. The van der Waals surface area contributed by atoms with E-state index in [1.165, 1.54) is 18.2 Å². The largest absolute Gasteiger partial charge is 0.331 e. The number of hydrogen-bond acceptors (Lipinski definition) is 3. The second kappa shape index (κ2) is 11.2. The van der Waals surface area contributed by atoms with Crippen molar-refractivity contribution >= 4 is 40.7 Å². The third-order valence-corrected chi connectivity index (χ3v) is 6.85. The molecule has 0 heterocycles. The van der Waals surface area contributed by atoms with Crippen LogP contribution in [0.5, 0.6) is 0 Å². The van der Waals surface area contributed by atoms with E-state index in [-0.39, 0.29) is 36.0 Å². The summed E-state index contributed by atoms with van der Waals surface area (Å²) in [5, 5.41) is 3.79. The van der Waals surface area contributed by atoms with Crippen molar-refractivity contribution in [3.05, 3.63) is 99.3 Å². The van der Waals surface area contributed by atoms with E-state index in [9.17, 15) is 14.0 Å². The van der Waals surface area contributed by atoms with Crippen LogP contribution in [0.1, 0.15) is 52.0 Å². The summed E-state index contributed by atoms with van der Waals surface area (Å²) in [6, 6.07) is 17.6. The normalized spacial score (nSPS) is 17.6. The molecule has 5 nitrogen and oxygen atoms in total. The average molecular weight is 514 g/mol. The number of nitrogens with one attached hydrogen (secondary N) is 1. The van der Waals surface area contributed by atoms with Gasteiger partial charge in [0.15, 0.2) is 0 Å². The Morgan fingerprint density at radius 2 is 1.66 bits per heavy atom. The lowest BCUT2D eigenvalue weighted by molar-refractivity contribution is 0.0606. The van der Waals surface area contributed by atoms with Gasteiger partial charge in [0.25, 0.3) is 11.8 Å². The second-order valence-corrected chi connectivity index (χ2v) is 9.63. The number of rotatable bonds is 6. The predicted octanol–water partition coefficient (Wildman–Crippen LogP) is 6.30. The van der Waals surface area contributed by atoms with Gasteiger partial charge in [-0.25, -0.2) is 4.39 Å². The van der Waals surface area contributed by atoms with Crippen LogP contribution in [0.25, 0.3) is 0 Å². The molecule has 0 aromatic heterocycles. The van der Waals surface area contributed by atoms with E-state index in [1.807, 2.05) is 0 Å². The van der Waals surface area contributed by atoms with E-state index < -0.39 is 5.82 Å². The molecule has 35 heavy (non-hydrogen) atoms. The number of halogens is 3. The third kappa shape index (κ3) is 6.40. The van der Waals surface area contributed by atoms with E-state index in [4.69, 9.17) is 28.9 Å². The first-order chi connectivity index (χ1) is 16.8. The second-order valence-electron chi connectivity index (χ2n) is 8.78. The van der Waals surface area contributed by atoms with Gasteiger partial charge in [-0.05, 0) is 85.8 Å². The monoisotopic (exact) mass is 513 g/mol. The molecule has 182 valence electrons. The van der Waals surface area contributed by atoms with Gasteiger partial charge in [0.2, 0.25) is 0 Å². The number of amides is 2. The molecule has 1 aliphatic carbocycles. The molecular weight excluding hydrogens is 488 g/mol. The van der Waals surface area contributed by atoms with Crippen LogP contribution < -0.4 is 11.1 Å². The number of benzene rings is 3. The van der Waals surface area contributed by atoms with E-state index in [0.717, 1.165) is 25.7 Å². The minimum absolute atomic E-state index is 0.0497. The molecule has 8 heteroatoms. The molecule has 0 bridgehead atoms.